The van der Waals surface area contributed by atoms with E-state index in [1.165, 1.54) is 6.08 Å². The van der Waals surface area contributed by atoms with E-state index in [1.54, 1.807) is 51.3 Å². The molecule has 0 N–H and O–H groups in total. The van der Waals surface area contributed by atoms with Crippen molar-refractivity contribution < 1.29 is 19.0 Å². The Morgan fingerprint density at radius 2 is 1.60 bits per heavy atom. The highest BCUT2D eigenvalue weighted by atomic mass is 32.2. The summed E-state index contributed by atoms with van der Waals surface area (Å²) in [4.78, 5) is 13.6. The molecule has 2 aromatic rings. The van der Waals surface area contributed by atoms with Crippen molar-refractivity contribution in [1.29, 1.82) is 0 Å². The first kappa shape index (κ1) is 18.9. The van der Waals surface area contributed by atoms with E-state index in [2.05, 4.69) is 6.92 Å². The molecule has 0 saturated heterocycles. The van der Waals surface area contributed by atoms with Crippen LogP contribution in [-0.4, -0.2) is 32.9 Å². The lowest BCUT2D eigenvalue weighted by Gasteiger charge is -2.13. The fourth-order valence-electron chi connectivity index (χ4n) is 2.41. The maximum Gasteiger partial charge on any atom is 0.185 e. The summed E-state index contributed by atoms with van der Waals surface area (Å²) in [5, 5.41) is 0. The summed E-state index contributed by atoms with van der Waals surface area (Å²) in [6, 6.07) is 11.1. The van der Waals surface area contributed by atoms with Gasteiger partial charge >= 0.3 is 0 Å². The average Bonchev–Trinajstić information content (AvgIpc) is 2.65. The summed E-state index contributed by atoms with van der Waals surface area (Å²) >= 11 is 1.74. The Balaban J connectivity index is 2.29. The van der Waals surface area contributed by atoms with Crippen molar-refractivity contribution in [3.63, 3.8) is 0 Å². The van der Waals surface area contributed by atoms with Crippen LogP contribution in [0.25, 0.3) is 6.08 Å². The summed E-state index contributed by atoms with van der Waals surface area (Å²) in [5.41, 5.74) is 1.30. The minimum absolute atomic E-state index is 0.0834. The third-order valence-corrected chi connectivity index (χ3v) is 4.51. The van der Waals surface area contributed by atoms with Gasteiger partial charge in [0.1, 0.15) is 5.75 Å². The van der Waals surface area contributed by atoms with Crippen LogP contribution in [0.2, 0.25) is 0 Å². The van der Waals surface area contributed by atoms with Crippen molar-refractivity contribution in [2.45, 2.75) is 11.8 Å². The average molecular weight is 358 g/mol. The summed E-state index contributed by atoms with van der Waals surface area (Å²) in [7, 11) is 4.70. The summed E-state index contributed by atoms with van der Waals surface area (Å²) in [6.07, 6.45) is 3.21. The Morgan fingerprint density at radius 3 is 2.16 bits per heavy atom. The molecule has 25 heavy (non-hydrogen) atoms. The lowest BCUT2D eigenvalue weighted by Crippen LogP contribution is -1.98. The lowest BCUT2D eigenvalue weighted by molar-refractivity contribution is 0.104. The van der Waals surface area contributed by atoms with E-state index in [9.17, 15) is 4.79 Å². The van der Waals surface area contributed by atoms with Crippen molar-refractivity contribution in [1.82, 2.24) is 0 Å². The van der Waals surface area contributed by atoms with Crippen LogP contribution in [-0.2, 0) is 0 Å². The molecule has 0 aromatic heterocycles. The maximum absolute atomic E-state index is 12.4. The molecular weight excluding hydrogens is 336 g/mol. The number of ketones is 1. The molecule has 0 radical (unpaired) electrons. The first-order valence-corrected chi connectivity index (χ1v) is 8.87. The SMILES string of the molecule is CCSc1ccc(C(=O)C=Cc2c(OC)ccc(OC)c2OC)cc1. The zero-order valence-corrected chi connectivity index (χ0v) is 15.7. The fourth-order valence-corrected chi connectivity index (χ4v) is 3.07. The molecule has 2 rings (SSSR count). The number of carbonyl (C=O) groups is 1. The maximum atomic E-state index is 12.4. The number of hydrogen-bond acceptors (Lipinski definition) is 5. The summed E-state index contributed by atoms with van der Waals surface area (Å²) < 4.78 is 16.1. The number of hydrogen-bond donors (Lipinski definition) is 0. The standard InChI is InChI=1S/C20H22O4S/c1-5-25-15-8-6-14(7-9-15)17(21)11-10-16-18(22-2)12-13-19(23-3)20(16)24-4/h6-13H,5H2,1-4H3. The molecule has 0 amide bonds. The first-order chi connectivity index (χ1) is 12.1. The number of methoxy groups -OCH3 is 3. The second-order valence-electron chi connectivity index (χ2n) is 5.07. The van der Waals surface area contributed by atoms with Crippen molar-refractivity contribution >= 4 is 23.6 Å². The topological polar surface area (TPSA) is 44.8 Å². The number of allylic oxidation sites excluding steroid dienone is 1. The van der Waals surface area contributed by atoms with Crippen LogP contribution < -0.4 is 14.2 Å². The van der Waals surface area contributed by atoms with Crippen LogP contribution in [0.1, 0.15) is 22.8 Å². The molecule has 132 valence electrons. The van der Waals surface area contributed by atoms with Gasteiger partial charge in [-0.3, -0.25) is 4.79 Å². The Labute approximate surface area is 152 Å². The number of rotatable bonds is 8. The molecule has 0 spiro atoms. The minimum Gasteiger partial charge on any atom is -0.496 e. The van der Waals surface area contributed by atoms with Crippen molar-refractivity contribution in [3.05, 3.63) is 53.6 Å². The molecule has 0 fully saturated rings. The molecule has 0 aliphatic heterocycles. The van der Waals surface area contributed by atoms with E-state index in [1.807, 2.05) is 24.3 Å². The first-order valence-electron chi connectivity index (χ1n) is 7.88. The zero-order chi connectivity index (χ0) is 18.2. The van der Waals surface area contributed by atoms with Gasteiger partial charge < -0.3 is 14.2 Å². The molecule has 5 heteroatoms. The van der Waals surface area contributed by atoms with E-state index in [0.29, 0.717) is 28.4 Å². The Bertz CT molecular complexity index is 751. The third-order valence-electron chi connectivity index (χ3n) is 3.62. The minimum atomic E-state index is -0.0834. The van der Waals surface area contributed by atoms with Gasteiger partial charge in [0.15, 0.2) is 17.3 Å². The number of ether oxygens (including phenoxy) is 3. The summed E-state index contributed by atoms with van der Waals surface area (Å²) in [5.74, 6) is 2.64. The van der Waals surface area contributed by atoms with Gasteiger partial charge in [0.25, 0.3) is 0 Å². The highest BCUT2D eigenvalue weighted by Gasteiger charge is 2.14. The summed E-state index contributed by atoms with van der Waals surface area (Å²) in [6.45, 7) is 2.10. The number of carbonyl (C=O) groups excluding carboxylic acids is 1. The molecule has 0 heterocycles. The van der Waals surface area contributed by atoms with Crippen LogP contribution in [0.15, 0.2) is 47.4 Å². The smallest absolute Gasteiger partial charge is 0.185 e. The predicted molar refractivity (Wildman–Crippen MR) is 102 cm³/mol. The zero-order valence-electron chi connectivity index (χ0n) is 14.9. The Morgan fingerprint density at radius 1 is 0.960 bits per heavy atom. The van der Waals surface area contributed by atoms with Crippen LogP contribution in [0.4, 0.5) is 0 Å². The van der Waals surface area contributed by atoms with Crippen LogP contribution >= 0.6 is 11.8 Å². The van der Waals surface area contributed by atoms with E-state index < -0.39 is 0 Å². The van der Waals surface area contributed by atoms with Gasteiger partial charge in [-0.25, -0.2) is 0 Å². The normalized spacial score (nSPS) is 10.7. The van der Waals surface area contributed by atoms with Gasteiger partial charge in [0.05, 0.1) is 26.9 Å². The quantitative estimate of drug-likeness (QED) is 0.388. The molecule has 0 atom stereocenters. The predicted octanol–water partition coefficient (Wildman–Crippen LogP) is 4.72. The molecule has 0 aliphatic rings. The molecule has 4 nitrogen and oxygen atoms in total. The van der Waals surface area contributed by atoms with Gasteiger partial charge in [0.2, 0.25) is 0 Å². The van der Waals surface area contributed by atoms with Crippen molar-refractivity contribution in [2.75, 3.05) is 27.1 Å². The second-order valence-corrected chi connectivity index (χ2v) is 6.41. The van der Waals surface area contributed by atoms with Crippen molar-refractivity contribution in [2.24, 2.45) is 0 Å². The molecule has 0 saturated carbocycles. The van der Waals surface area contributed by atoms with Gasteiger partial charge in [-0.1, -0.05) is 6.92 Å². The van der Waals surface area contributed by atoms with E-state index in [4.69, 9.17) is 14.2 Å². The van der Waals surface area contributed by atoms with Gasteiger partial charge in [-0.2, -0.15) is 0 Å². The molecule has 2 aromatic carbocycles. The second kappa shape index (κ2) is 9.18. The monoisotopic (exact) mass is 358 g/mol. The molecule has 0 unspecified atom stereocenters. The lowest BCUT2D eigenvalue weighted by atomic mass is 10.1. The van der Waals surface area contributed by atoms with Gasteiger partial charge in [-0.05, 0) is 54.3 Å². The number of benzene rings is 2. The van der Waals surface area contributed by atoms with Crippen LogP contribution in [0.3, 0.4) is 0 Å². The Hall–Kier alpha value is -2.40. The van der Waals surface area contributed by atoms with Crippen molar-refractivity contribution in [3.8, 4) is 17.2 Å². The van der Waals surface area contributed by atoms with Crippen LogP contribution in [0.5, 0.6) is 17.2 Å². The number of thioether (sulfide) groups is 1. The highest BCUT2D eigenvalue weighted by Crippen LogP contribution is 2.38. The van der Waals surface area contributed by atoms with Gasteiger partial charge in [0, 0.05) is 10.5 Å². The fraction of sp³-hybridized carbons (Fsp3) is 0.250. The third kappa shape index (κ3) is 4.57. The Kier molecular flexibility index (Phi) is 6.95. The van der Waals surface area contributed by atoms with Gasteiger partial charge in [-0.15, -0.1) is 11.8 Å². The molecule has 0 aliphatic carbocycles. The largest absolute Gasteiger partial charge is 0.496 e. The highest BCUT2D eigenvalue weighted by molar-refractivity contribution is 7.99. The van der Waals surface area contributed by atoms with E-state index in [-0.39, 0.29) is 5.78 Å². The molecular formula is C20H22O4S. The van der Waals surface area contributed by atoms with E-state index in [0.717, 1.165) is 10.6 Å². The molecule has 0 bridgehead atoms. The van der Waals surface area contributed by atoms with E-state index >= 15 is 0 Å². The van der Waals surface area contributed by atoms with Crippen LogP contribution in [0, 0.1) is 0 Å².